The summed E-state index contributed by atoms with van der Waals surface area (Å²) < 4.78 is 38.6. The van der Waals surface area contributed by atoms with Gasteiger partial charge in [0, 0.05) is 5.69 Å². The minimum absolute atomic E-state index is 0.0874. The first kappa shape index (κ1) is 17.0. The van der Waals surface area contributed by atoms with Crippen molar-refractivity contribution in [3.63, 3.8) is 0 Å². The summed E-state index contributed by atoms with van der Waals surface area (Å²) in [5, 5.41) is 13.3. The maximum Gasteiger partial charge on any atom is 0.453 e. The van der Waals surface area contributed by atoms with E-state index >= 15 is 0 Å². The van der Waals surface area contributed by atoms with E-state index < -0.39 is 17.9 Å². The number of carbonyl (C=O) groups excluding carboxylic acids is 1. The Kier molecular flexibility index (Phi) is 4.49. The van der Waals surface area contributed by atoms with Crippen LogP contribution < -0.4 is 5.32 Å². The van der Waals surface area contributed by atoms with Crippen molar-refractivity contribution in [2.45, 2.75) is 6.18 Å². The zero-order chi connectivity index (χ0) is 18.0. The molecular weight excluding hydrogens is 405 g/mol. The maximum atomic E-state index is 12.7. The fourth-order valence-electron chi connectivity index (χ4n) is 1.87. The van der Waals surface area contributed by atoms with Gasteiger partial charge in [-0.25, -0.2) is 0 Å². The molecule has 128 valence electrons. The van der Waals surface area contributed by atoms with Crippen LogP contribution in [0.3, 0.4) is 0 Å². The van der Waals surface area contributed by atoms with E-state index in [0.717, 1.165) is 4.68 Å². The number of halogens is 4. The molecule has 2 aromatic heterocycles. The van der Waals surface area contributed by atoms with Gasteiger partial charge in [-0.2, -0.15) is 27.9 Å². The molecule has 0 saturated heterocycles. The Balaban J connectivity index is 1.89. The van der Waals surface area contributed by atoms with Crippen molar-refractivity contribution in [2.24, 2.45) is 0 Å². The third-order valence-corrected chi connectivity index (χ3v) is 3.49. The molecule has 1 N–H and O–H groups in total. The van der Waals surface area contributed by atoms with Crippen molar-refractivity contribution in [1.82, 2.24) is 25.0 Å². The highest BCUT2D eigenvalue weighted by Crippen LogP contribution is 2.28. The predicted molar refractivity (Wildman–Crippen MR) is 84.0 cm³/mol. The van der Waals surface area contributed by atoms with Gasteiger partial charge in [0.25, 0.3) is 11.7 Å². The Morgan fingerprint density at radius 3 is 2.56 bits per heavy atom. The number of alkyl halides is 3. The number of benzene rings is 1. The molecule has 0 saturated carbocycles. The van der Waals surface area contributed by atoms with Crippen molar-refractivity contribution in [3.05, 3.63) is 58.7 Å². The van der Waals surface area contributed by atoms with Crippen LogP contribution in [0, 0.1) is 0 Å². The summed E-state index contributed by atoms with van der Waals surface area (Å²) in [6, 6.07) is 9.93. The average molecular weight is 413 g/mol. The van der Waals surface area contributed by atoms with Crippen LogP contribution in [0.4, 0.5) is 18.9 Å². The molecule has 2 heterocycles. The number of hydrogen-bond donors (Lipinski definition) is 1. The number of hydrogen-bond acceptors (Lipinski definition) is 5. The topological polar surface area (TPSA) is 85.6 Å². The molecule has 0 aliphatic carbocycles. The number of rotatable bonds is 3. The third-order valence-electron chi connectivity index (χ3n) is 2.97. The highest BCUT2D eigenvalue weighted by Gasteiger charge is 2.37. The lowest BCUT2D eigenvalue weighted by Crippen LogP contribution is -2.14. The molecule has 0 aliphatic heterocycles. The summed E-state index contributed by atoms with van der Waals surface area (Å²) in [5.74, 6) is -1.91. The van der Waals surface area contributed by atoms with Crippen molar-refractivity contribution in [1.29, 1.82) is 0 Å². The van der Waals surface area contributed by atoms with Crippen molar-refractivity contribution in [3.8, 4) is 5.82 Å². The summed E-state index contributed by atoms with van der Waals surface area (Å²) in [5.41, 5.74) is 0.664. The van der Waals surface area contributed by atoms with E-state index in [4.69, 9.17) is 0 Å². The molecule has 0 radical (unpaired) electrons. The maximum absolute atomic E-state index is 12.7. The van der Waals surface area contributed by atoms with Crippen LogP contribution in [-0.2, 0) is 6.18 Å². The minimum Gasteiger partial charge on any atom is -0.322 e. The molecule has 0 atom stereocenters. The van der Waals surface area contributed by atoms with Gasteiger partial charge in [0.05, 0.1) is 11.8 Å². The lowest BCUT2D eigenvalue weighted by Gasteiger charge is -2.06. The Hall–Kier alpha value is -2.82. The highest BCUT2D eigenvalue weighted by molar-refractivity contribution is 9.10. The molecule has 1 aromatic carbocycles. The molecule has 0 aliphatic rings. The molecule has 1 amide bonds. The van der Waals surface area contributed by atoms with Crippen molar-refractivity contribution >= 4 is 27.5 Å². The Morgan fingerprint density at radius 2 is 1.92 bits per heavy atom. The normalized spacial score (nSPS) is 11.4. The van der Waals surface area contributed by atoms with Crippen LogP contribution in [0.25, 0.3) is 5.82 Å². The van der Waals surface area contributed by atoms with E-state index in [-0.39, 0.29) is 16.1 Å². The molecule has 0 fully saturated rings. The van der Waals surface area contributed by atoms with Gasteiger partial charge in [-0.3, -0.25) is 4.79 Å². The van der Waals surface area contributed by atoms with E-state index in [1.165, 1.54) is 12.3 Å². The van der Waals surface area contributed by atoms with E-state index in [2.05, 4.69) is 41.5 Å². The number of nitrogens with zero attached hydrogens (tertiary/aromatic N) is 5. The van der Waals surface area contributed by atoms with Crippen molar-refractivity contribution in [2.75, 3.05) is 5.32 Å². The molecule has 0 bridgehead atoms. The molecule has 7 nitrogen and oxygen atoms in total. The summed E-state index contributed by atoms with van der Waals surface area (Å²) in [6.45, 7) is 0. The Labute approximate surface area is 147 Å². The van der Waals surface area contributed by atoms with Crippen molar-refractivity contribution < 1.29 is 18.0 Å². The number of anilines is 1. The monoisotopic (exact) mass is 412 g/mol. The third kappa shape index (κ3) is 3.82. The van der Waals surface area contributed by atoms with Gasteiger partial charge >= 0.3 is 6.18 Å². The number of para-hydroxylation sites is 1. The zero-order valence-electron chi connectivity index (χ0n) is 12.2. The summed E-state index contributed by atoms with van der Waals surface area (Å²) in [7, 11) is 0. The molecular formula is C14H8BrF3N6O. The SMILES string of the molecule is O=C(Nc1ccccc1)c1cnnc(-n2nc(C(F)(F)F)nc2Br)c1. The number of amides is 1. The van der Waals surface area contributed by atoms with Crippen LogP contribution in [0.5, 0.6) is 0 Å². The second kappa shape index (κ2) is 6.59. The Bertz CT molecular complexity index is 912. The average Bonchev–Trinajstić information content (AvgIpc) is 2.98. The molecule has 25 heavy (non-hydrogen) atoms. The van der Waals surface area contributed by atoms with E-state index in [9.17, 15) is 18.0 Å². The van der Waals surface area contributed by atoms with Crippen LogP contribution in [-0.4, -0.2) is 30.9 Å². The number of carbonyl (C=O) groups is 1. The van der Waals surface area contributed by atoms with Gasteiger partial charge in [0.2, 0.25) is 4.73 Å². The van der Waals surface area contributed by atoms with Crippen LogP contribution >= 0.6 is 15.9 Å². The lowest BCUT2D eigenvalue weighted by molar-refractivity contribution is -0.144. The Morgan fingerprint density at radius 1 is 1.20 bits per heavy atom. The quantitative estimate of drug-likeness (QED) is 0.714. The van der Waals surface area contributed by atoms with Gasteiger partial charge < -0.3 is 5.32 Å². The second-order valence-electron chi connectivity index (χ2n) is 4.74. The lowest BCUT2D eigenvalue weighted by atomic mass is 10.2. The van der Waals surface area contributed by atoms with Gasteiger partial charge in [-0.15, -0.1) is 10.2 Å². The van der Waals surface area contributed by atoms with E-state index in [0.29, 0.717) is 5.69 Å². The van der Waals surface area contributed by atoms with Crippen LogP contribution in [0.1, 0.15) is 16.2 Å². The largest absolute Gasteiger partial charge is 0.453 e. The number of nitrogens with one attached hydrogen (secondary N) is 1. The zero-order valence-corrected chi connectivity index (χ0v) is 13.8. The van der Waals surface area contributed by atoms with E-state index in [1.54, 1.807) is 30.3 Å². The summed E-state index contributed by atoms with van der Waals surface area (Å²) in [6.07, 6.45) is -3.51. The fraction of sp³-hybridized carbons (Fsp3) is 0.0714. The standard InChI is InChI=1S/C14H8BrF3N6O/c15-13-21-12(14(16,17)18)23-24(13)10-6-8(7-19-22-10)11(25)20-9-4-2-1-3-5-9/h1-7H,(H,20,25). The van der Waals surface area contributed by atoms with Gasteiger partial charge in [0.15, 0.2) is 5.82 Å². The molecule has 0 spiro atoms. The summed E-state index contributed by atoms with van der Waals surface area (Å²) >= 11 is 2.88. The molecule has 0 unspecified atom stereocenters. The number of aromatic nitrogens is 5. The van der Waals surface area contributed by atoms with Gasteiger partial charge in [-0.1, -0.05) is 18.2 Å². The van der Waals surface area contributed by atoms with Gasteiger partial charge in [-0.05, 0) is 34.1 Å². The van der Waals surface area contributed by atoms with Crippen LogP contribution in [0.2, 0.25) is 0 Å². The van der Waals surface area contributed by atoms with Gasteiger partial charge in [0.1, 0.15) is 0 Å². The first-order valence-electron chi connectivity index (χ1n) is 6.74. The fourth-order valence-corrected chi connectivity index (χ4v) is 2.30. The van der Waals surface area contributed by atoms with Crippen LogP contribution in [0.15, 0.2) is 47.3 Å². The summed E-state index contributed by atoms with van der Waals surface area (Å²) in [4.78, 5) is 15.5. The first-order chi connectivity index (χ1) is 11.8. The molecule has 11 heteroatoms. The molecule has 3 aromatic rings. The van der Waals surface area contributed by atoms with E-state index in [1.807, 2.05) is 0 Å². The molecule has 3 rings (SSSR count). The highest BCUT2D eigenvalue weighted by atomic mass is 79.9. The minimum atomic E-state index is -4.70. The predicted octanol–water partition coefficient (Wildman–Crippen LogP) is 3.09. The second-order valence-corrected chi connectivity index (χ2v) is 5.45. The smallest absolute Gasteiger partial charge is 0.322 e. The first-order valence-corrected chi connectivity index (χ1v) is 7.53.